The average Bonchev–Trinajstić information content (AvgIpc) is 2.92. The first kappa shape index (κ1) is 14.3. The van der Waals surface area contributed by atoms with Gasteiger partial charge in [0.05, 0.1) is 5.69 Å². The molecule has 0 amide bonds. The van der Waals surface area contributed by atoms with Gasteiger partial charge >= 0.3 is 0 Å². The van der Waals surface area contributed by atoms with E-state index in [1.54, 1.807) is 12.1 Å². The summed E-state index contributed by atoms with van der Waals surface area (Å²) in [5, 5.41) is 14.8. The van der Waals surface area contributed by atoms with Crippen molar-refractivity contribution < 1.29 is 9.84 Å². The summed E-state index contributed by atoms with van der Waals surface area (Å²) in [4.78, 5) is 4.13. The van der Waals surface area contributed by atoms with E-state index >= 15 is 0 Å². The fourth-order valence-corrected chi connectivity index (χ4v) is 2.26. The van der Waals surface area contributed by atoms with E-state index in [4.69, 9.17) is 10.5 Å². The number of hydrogen-bond acceptors (Lipinski definition) is 6. The van der Waals surface area contributed by atoms with Crippen LogP contribution >= 0.6 is 11.8 Å². The third-order valence-electron chi connectivity index (χ3n) is 2.95. The summed E-state index contributed by atoms with van der Waals surface area (Å²) in [7, 11) is 0. The van der Waals surface area contributed by atoms with Crippen molar-refractivity contribution in [1.29, 1.82) is 0 Å². The Morgan fingerprint density at radius 1 is 1.18 bits per heavy atom. The first-order valence-corrected chi connectivity index (χ1v) is 7.72. The predicted molar refractivity (Wildman–Crippen MR) is 85.7 cm³/mol. The van der Waals surface area contributed by atoms with E-state index in [1.165, 1.54) is 22.5 Å². The fourth-order valence-electron chi connectivity index (χ4n) is 1.91. The Morgan fingerprint density at radius 3 is 2.64 bits per heavy atom. The number of nitrogens with two attached hydrogens (primary N) is 1. The SMILES string of the molecule is CSc1nc(N)n(-c2ccc(O)c(Oc3ccccc3)c2)n1. The molecular formula is C15H14N4O2S. The number of anilines is 1. The zero-order chi connectivity index (χ0) is 15.5. The number of phenols is 1. The molecule has 0 atom stereocenters. The van der Waals surface area contributed by atoms with Gasteiger partial charge in [0.25, 0.3) is 0 Å². The van der Waals surface area contributed by atoms with E-state index in [0.717, 1.165) is 0 Å². The highest BCUT2D eigenvalue weighted by Gasteiger charge is 2.11. The smallest absolute Gasteiger partial charge is 0.224 e. The van der Waals surface area contributed by atoms with Gasteiger partial charge < -0.3 is 15.6 Å². The Bertz CT molecular complexity index is 789. The number of thioether (sulfide) groups is 1. The molecule has 6 nitrogen and oxygen atoms in total. The third kappa shape index (κ3) is 2.84. The number of aromatic nitrogens is 3. The number of phenolic OH excluding ortho intramolecular Hbond substituents is 1. The number of nitrogen functional groups attached to an aromatic ring is 1. The molecule has 0 spiro atoms. The summed E-state index contributed by atoms with van der Waals surface area (Å²) in [5.74, 6) is 1.27. The molecule has 0 aliphatic heterocycles. The summed E-state index contributed by atoms with van der Waals surface area (Å²) in [6, 6.07) is 14.1. The summed E-state index contributed by atoms with van der Waals surface area (Å²) >= 11 is 1.40. The largest absolute Gasteiger partial charge is 0.504 e. The molecule has 0 saturated carbocycles. The van der Waals surface area contributed by atoms with Crippen LogP contribution in [0.1, 0.15) is 0 Å². The lowest BCUT2D eigenvalue weighted by molar-refractivity contribution is 0.411. The Labute approximate surface area is 131 Å². The molecule has 0 radical (unpaired) electrons. The van der Waals surface area contributed by atoms with Crippen molar-refractivity contribution >= 4 is 17.7 Å². The number of nitrogens with zero attached hydrogens (tertiary/aromatic N) is 3. The van der Waals surface area contributed by atoms with Crippen LogP contribution in [0.2, 0.25) is 0 Å². The molecule has 2 aromatic carbocycles. The Morgan fingerprint density at radius 2 is 1.95 bits per heavy atom. The lowest BCUT2D eigenvalue weighted by atomic mass is 10.2. The van der Waals surface area contributed by atoms with Gasteiger partial charge in [-0.3, -0.25) is 0 Å². The highest BCUT2D eigenvalue weighted by molar-refractivity contribution is 7.98. The quantitative estimate of drug-likeness (QED) is 0.720. The molecular weight excluding hydrogens is 300 g/mol. The number of aromatic hydroxyl groups is 1. The van der Waals surface area contributed by atoms with Gasteiger partial charge in [0, 0.05) is 6.07 Å². The predicted octanol–water partition coefficient (Wildman–Crippen LogP) is 3.07. The van der Waals surface area contributed by atoms with E-state index in [9.17, 15) is 5.11 Å². The second-order valence-corrected chi connectivity index (χ2v) is 5.21. The normalized spacial score (nSPS) is 10.6. The minimum Gasteiger partial charge on any atom is -0.504 e. The van der Waals surface area contributed by atoms with Crippen LogP contribution in [-0.4, -0.2) is 26.1 Å². The molecule has 3 N–H and O–H groups in total. The molecule has 7 heteroatoms. The van der Waals surface area contributed by atoms with Gasteiger partial charge in [-0.15, -0.1) is 5.10 Å². The van der Waals surface area contributed by atoms with E-state index in [-0.39, 0.29) is 11.7 Å². The van der Waals surface area contributed by atoms with E-state index in [0.29, 0.717) is 22.3 Å². The van der Waals surface area contributed by atoms with Gasteiger partial charge in [-0.2, -0.15) is 9.67 Å². The van der Waals surface area contributed by atoms with Gasteiger partial charge in [0.1, 0.15) is 5.75 Å². The summed E-state index contributed by atoms with van der Waals surface area (Å²) in [6.45, 7) is 0. The standard InChI is InChI=1S/C15H14N4O2S/c1-22-15-17-14(16)19(18-15)10-7-8-12(20)13(9-10)21-11-5-3-2-4-6-11/h2-9,20H,1H3,(H2,16,17,18). The first-order valence-electron chi connectivity index (χ1n) is 6.50. The number of hydrogen-bond donors (Lipinski definition) is 2. The topological polar surface area (TPSA) is 86.2 Å². The van der Waals surface area contributed by atoms with Crippen molar-refractivity contribution in [3.05, 3.63) is 48.5 Å². The van der Waals surface area contributed by atoms with E-state index < -0.39 is 0 Å². The number of ether oxygens (including phenoxy) is 1. The molecule has 0 unspecified atom stereocenters. The molecule has 22 heavy (non-hydrogen) atoms. The zero-order valence-electron chi connectivity index (χ0n) is 11.8. The minimum absolute atomic E-state index is 0.0383. The molecule has 1 aromatic heterocycles. The zero-order valence-corrected chi connectivity index (χ0v) is 12.6. The Balaban J connectivity index is 1.97. The molecule has 3 aromatic rings. The highest BCUT2D eigenvalue weighted by atomic mass is 32.2. The Hall–Kier alpha value is -2.67. The number of para-hydroxylation sites is 1. The summed E-state index contributed by atoms with van der Waals surface area (Å²) in [5.41, 5.74) is 6.52. The average molecular weight is 314 g/mol. The van der Waals surface area contributed by atoms with Crippen molar-refractivity contribution in [1.82, 2.24) is 14.8 Å². The maximum atomic E-state index is 9.96. The lowest BCUT2D eigenvalue weighted by Gasteiger charge is -2.10. The third-order valence-corrected chi connectivity index (χ3v) is 3.49. The van der Waals surface area contributed by atoms with Crippen LogP contribution in [0.3, 0.4) is 0 Å². The van der Waals surface area contributed by atoms with Gasteiger partial charge in [-0.05, 0) is 30.5 Å². The highest BCUT2D eigenvalue weighted by Crippen LogP contribution is 2.33. The van der Waals surface area contributed by atoms with Crippen LogP contribution in [0.4, 0.5) is 5.95 Å². The maximum Gasteiger partial charge on any atom is 0.224 e. The van der Waals surface area contributed by atoms with Gasteiger partial charge in [-0.1, -0.05) is 30.0 Å². The van der Waals surface area contributed by atoms with Crippen molar-refractivity contribution in [2.24, 2.45) is 0 Å². The minimum atomic E-state index is 0.0383. The van der Waals surface area contributed by atoms with Gasteiger partial charge in [-0.25, -0.2) is 0 Å². The number of rotatable bonds is 4. The van der Waals surface area contributed by atoms with Crippen LogP contribution in [0.5, 0.6) is 17.2 Å². The van der Waals surface area contributed by atoms with Crippen molar-refractivity contribution in [2.75, 3.05) is 12.0 Å². The lowest BCUT2D eigenvalue weighted by Crippen LogP contribution is -2.02. The van der Waals surface area contributed by atoms with Crippen molar-refractivity contribution in [3.8, 4) is 22.9 Å². The number of benzene rings is 2. The molecule has 3 rings (SSSR count). The molecule has 112 valence electrons. The first-order chi connectivity index (χ1) is 10.7. The van der Waals surface area contributed by atoms with Gasteiger partial charge in [0.15, 0.2) is 11.5 Å². The van der Waals surface area contributed by atoms with E-state index in [1.807, 2.05) is 36.6 Å². The van der Waals surface area contributed by atoms with Crippen molar-refractivity contribution in [2.45, 2.75) is 5.16 Å². The van der Waals surface area contributed by atoms with E-state index in [2.05, 4.69) is 10.1 Å². The maximum absolute atomic E-state index is 9.96. The second kappa shape index (κ2) is 5.98. The van der Waals surface area contributed by atoms with Crippen molar-refractivity contribution in [3.63, 3.8) is 0 Å². The fraction of sp³-hybridized carbons (Fsp3) is 0.0667. The monoisotopic (exact) mass is 314 g/mol. The molecule has 0 aliphatic rings. The van der Waals surface area contributed by atoms with Gasteiger partial charge in [0.2, 0.25) is 11.1 Å². The molecule has 1 heterocycles. The second-order valence-electron chi connectivity index (χ2n) is 4.44. The van der Waals surface area contributed by atoms with Crippen LogP contribution in [0, 0.1) is 0 Å². The molecule has 0 bridgehead atoms. The molecule has 0 aliphatic carbocycles. The Kier molecular flexibility index (Phi) is 3.88. The van der Waals surface area contributed by atoms with Crippen LogP contribution in [0.15, 0.2) is 53.7 Å². The van der Waals surface area contributed by atoms with Crippen LogP contribution in [-0.2, 0) is 0 Å². The summed E-state index contributed by atoms with van der Waals surface area (Å²) < 4.78 is 7.19. The summed E-state index contributed by atoms with van der Waals surface area (Å²) in [6.07, 6.45) is 1.87. The molecule has 0 fully saturated rings. The van der Waals surface area contributed by atoms with Crippen LogP contribution in [0.25, 0.3) is 5.69 Å². The molecule has 0 saturated heterocycles. The van der Waals surface area contributed by atoms with Crippen LogP contribution < -0.4 is 10.5 Å².